The number of likely N-dealkylation sites (N-methyl/N-ethyl adjacent to an activating group) is 1. The van der Waals surface area contributed by atoms with Gasteiger partial charge in [0.2, 0.25) is 5.79 Å². The SMILES string of the molecule is C[C@@H]1CC[C@H]2[C@@H](C)[C@@](C)(OCCN(C)C3CCNCC3)O[C@@H]3O[C@@]4(C)CCC1[C@]32OO4. The Kier molecular flexibility index (Phi) is 5.94. The van der Waals surface area contributed by atoms with E-state index in [-0.39, 0.29) is 5.92 Å². The molecule has 0 aromatic carbocycles. The highest BCUT2D eigenvalue weighted by molar-refractivity contribution is 5.10. The molecular formula is C24H42N2O5. The summed E-state index contributed by atoms with van der Waals surface area (Å²) in [6.07, 6.45) is 6.16. The first-order chi connectivity index (χ1) is 14.8. The second kappa shape index (κ2) is 8.19. The van der Waals surface area contributed by atoms with Crippen molar-refractivity contribution < 1.29 is 24.0 Å². The standard InChI is InChI=1S/C24H42N2O5/c1-16-6-7-20-17(2)23(4,27-15-14-26(5)18-9-12-25-13-10-18)29-21-24(20)19(16)8-11-22(3,28-21)30-31-24/h16-21,25H,6-15H2,1-5H3/t16-,17-,19?,20+,21+,22-,23+,24-/m1/s1. The number of nitrogens with one attached hydrogen (secondary N) is 1. The highest BCUT2D eigenvalue weighted by atomic mass is 17.3. The van der Waals surface area contributed by atoms with Gasteiger partial charge in [-0.2, -0.15) is 0 Å². The number of ether oxygens (including phenoxy) is 3. The summed E-state index contributed by atoms with van der Waals surface area (Å²) in [5.41, 5.74) is -0.526. The molecule has 6 aliphatic rings. The normalized spacial score (nSPS) is 50.3. The van der Waals surface area contributed by atoms with E-state index in [2.05, 4.69) is 38.0 Å². The summed E-state index contributed by atoms with van der Waals surface area (Å²) in [6, 6.07) is 0.637. The van der Waals surface area contributed by atoms with Gasteiger partial charge in [0.1, 0.15) is 0 Å². The molecule has 6 fully saturated rings. The van der Waals surface area contributed by atoms with E-state index in [0.29, 0.717) is 30.4 Å². The molecule has 1 saturated carbocycles. The molecule has 1 N–H and O–H groups in total. The van der Waals surface area contributed by atoms with E-state index in [0.717, 1.165) is 38.9 Å². The molecule has 178 valence electrons. The third-order valence-electron chi connectivity index (χ3n) is 9.31. The summed E-state index contributed by atoms with van der Waals surface area (Å²) in [7, 11) is 2.22. The highest BCUT2D eigenvalue weighted by Crippen LogP contribution is 2.62. The fourth-order valence-corrected chi connectivity index (χ4v) is 7.06. The van der Waals surface area contributed by atoms with Gasteiger partial charge in [0, 0.05) is 30.8 Å². The number of nitrogens with zero attached hydrogens (tertiary/aromatic N) is 1. The first-order valence-corrected chi connectivity index (χ1v) is 12.5. The number of piperidine rings is 1. The second-order valence-electron chi connectivity index (χ2n) is 11.1. The van der Waals surface area contributed by atoms with E-state index < -0.39 is 23.5 Å². The van der Waals surface area contributed by atoms with E-state index in [1.807, 2.05) is 6.92 Å². The van der Waals surface area contributed by atoms with E-state index in [1.165, 1.54) is 19.3 Å². The number of hydrogen-bond donors (Lipinski definition) is 1. The van der Waals surface area contributed by atoms with Crippen LogP contribution in [0.4, 0.5) is 0 Å². The lowest BCUT2D eigenvalue weighted by Gasteiger charge is -2.62. The molecule has 0 aromatic heterocycles. The molecule has 6 rings (SSSR count). The summed E-state index contributed by atoms with van der Waals surface area (Å²) >= 11 is 0. The van der Waals surface area contributed by atoms with Crippen LogP contribution in [0.25, 0.3) is 0 Å². The van der Waals surface area contributed by atoms with Crippen molar-refractivity contribution in [2.75, 3.05) is 33.3 Å². The largest absolute Gasteiger partial charge is 0.348 e. The third kappa shape index (κ3) is 3.69. The topological polar surface area (TPSA) is 61.4 Å². The van der Waals surface area contributed by atoms with Crippen molar-refractivity contribution >= 4 is 0 Å². The third-order valence-corrected chi connectivity index (χ3v) is 9.31. The van der Waals surface area contributed by atoms with Gasteiger partial charge in [-0.05, 0) is 77.9 Å². The molecule has 7 nitrogen and oxygen atoms in total. The minimum absolute atomic E-state index is 0.192. The van der Waals surface area contributed by atoms with Crippen molar-refractivity contribution in [1.82, 2.24) is 10.2 Å². The van der Waals surface area contributed by atoms with Crippen LogP contribution in [0.3, 0.4) is 0 Å². The van der Waals surface area contributed by atoms with Gasteiger partial charge in [0.25, 0.3) is 0 Å². The number of rotatable bonds is 5. The van der Waals surface area contributed by atoms with Gasteiger partial charge in [0.05, 0.1) is 6.61 Å². The second-order valence-corrected chi connectivity index (χ2v) is 11.1. The molecule has 0 aromatic rings. The Morgan fingerprint density at radius 3 is 2.52 bits per heavy atom. The van der Waals surface area contributed by atoms with Crippen molar-refractivity contribution in [3.8, 4) is 0 Å². The molecule has 1 aliphatic carbocycles. The predicted octanol–water partition coefficient (Wildman–Crippen LogP) is 3.28. The van der Waals surface area contributed by atoms with E-state index in [4.69, 9.17) is 24.0 Å². The molecule has 2 bridgehead atoms. The summed E-state index contributed by atoms with van der Waals surface area (Å²) in [5.74, 6) is 0.0172. The maximum absolute atomic E-state index is 6.69. The predicted molar refractivity (Wildman–Crippen MR) is 116 cm³/mol. The first-order valence-electron chi connectivity index (χ1n) is 12.5. The summed E-state index contributed by atoms with van der Waals surface area (Å²) in [6.45, 7) is 12.5. The Morgan fingerprint density at radius 2 is 1.74 bits per heavy atom. The molecule has 5 heterocycles. The average molecular weight is 439 g/mol. The minimum atomic E-state index is -0.742. The van der Waals surface area contributed by atoms with Gasteiger partial charge in [0.15, 0.2) is 17.7 Å². The molecule has 0 radical (unpaired) electrons. The molecule has 7 heteroatoms. The first kappa shape index (κ1) is 22.5. The Bertz CT molecular complexity index is 660. The zero-order valence-electron chi connectivity index (χ0n) is 20.0. The fourth-order valence-electron chi connectivity index (χ4n) is 7.06. The Balaban J connectivity index is 1.31. The van der Waals surface area contributed by atoms with Gasteiger partial charge in [-0.15, -0.1) is 0 Å². The van der Waals surface area contributed by atoms with Gasteiger partial charge >= 0.3 is 0 Å². The Labute approximate surface area is 187 Å². The molecule has 5 saturated heterocycles. The van der Waals surface area contributed by atoms with E-state index >= 15 is 0 Å². The average Bonchev–Trinajstić information content (AvgIpc) is 2.98. The molecule has 1 unspecified atom stereocenters. The van der Waals surface area contributed by atoms with Crippen LogP contribution in [-0.2, 0) is 24.0 Å². The van der Waals surface area contributed by atoms with Crippen molar-refractivity contribution in [2.45, 2.75) is 95.7 Å². The van der Waals surface area contributed by atoms with Crippen LogP contribution < -0.4 is 5.32 Å². The lowest BCUT2D eigenvalue weighted by Crippen LogP contribution is -2.73. The van der Waals surface area contributed by atoms with Crippen LogP contribution in [-0.4, -0.2) is 67.7 Å². The molecular weight excluding hydrogens is 396 g/mol. The maximum atomic E-state index is 6.69. The van der Waals surface area contributed by atoms with Crippen LogP contribution in [0, 0.1) is 23.7 Å². The zero-order valence-corrected chi connectivity index (χ0v) is 20.0. The summed E-state index contributed by atoms with van der Waals surface area (Å²) in [5, 5.41) is 3.45. The monoisotopic (exact) mass is 438 g/mol. The molecule has 31 heavy (non-hydrogen) atoms. The van der Waals surface area contributed by atoms with Crippen molar-refractivity contribution in [2.24, 2.45) is 23.7 Å². The summed E-state index contributed by atoms with van der Waals surface area (Å²) in [4.78, 5) is 14.6. The number of fused-ring (bicyclic) bond motifs is 2. The van der Waals surface area contributed by atoms with Crippen LogP contribution in [0.15, 0.2) is 0 Å². The maximum Gasteiger partial charge on any atom is 0.201 e. The van der Waals surface area contributed by atoms with E-state index in [1.54, 1.807) is 0 Å². The van der Waals surface area contributed by atoms with Gasteiger partial charge in [-0.1, -0.05) is 13.8 Å². The molecule has 0 amide bonds. The highest BCUT2D eigenvalue weighted by Gasteiger charge is 2.71. The van der Waals surface area contributed by atoms with Crippen LogP contribution in [0.5, 0.6) is 0 Å². The zero-order chi connectivity index (χ0) is 21.9. The van der Waals surface area contributed by atoms with Crippen LogP contribution in [0.1, 0.15) is 66.2 Å². The van der Waals surface area contributed by atoms with Gasteiger partial charge < -0.3 is 24.4 Å². The molecule has 5 aliphatic heterocycles. The van der Waals surface area contributed by atoms with Gasteiger partial charge in [-0.25, -0.2) is 9.78 Å². The van der Waals surface area contributed by atoms with Crippen molar-refractivity contribution in [3.63, 3.8) is 0 Å². The summed E-state index contributed by atoms with van der Waals surface area (Å²) < 4.78 is 19.7. The minimum Gasteiger partial charge on any atom is -0.348 e. The van der Waals surface area contributed by atoms with Gasteiger partial charge in [-0.3, -0.25) is 0 Å². The lowest BCUT2D eigenvalue weighted by atomic mass is 9.57. The van der Waals surface area contributed by atoms with E-state index in [9.17, 15) is 0 Å². The van der Waals surface area contributed by atoms with Crippen LogP contribution in [0.2, 0.25) is 0 Å². The number of hydrogen-bond acceptors (Lipinski definition) is 7. The van der Waals surface area contributed by atoms with Crippen molar-refractivity contribution in [3.05, 3.63) is 0 Å². The molecule has 1 spiro atoms. The fraction of sp³-hybridized carbons (Fsp3) is 1.00. The lowest BCUT2D eigenvalue weighted by molar-refractivity contribution is -0.585. The Morgan fingerprint density at radius 1 is 0.968 bits per heavy atom. The van der Waals surface area contributed by atoms with Crippen molar-refractivity contribution in [1.29, 1.82) is 0 Å². The molecule has 8 atom stereocenters. The van der Waals surface area contributed by atoms with Crippen LogP contribution >= 0.6 is 0 Å². The Hall–Kier alpha value is -0.280. The smallest absolute Gasteiger partial charge is 0.201 e. The quantitative estimate of drug-likeness (QED) is 0.661.